The van der Waals surface area contributed by atoms with Crippen LogP contribution in [0.4, 0.5) is 0 Å². The highest BCUT2D eigenvalue weighted by Crippen LogP contribution is 2.38. The van der Waals surface area contributed by atoms with Crippen LogP contribution < -0.4 is 9.75 Å². The number of thioether (sulfide) groups is 1. The van der Waals surface area contributed by atoms with Gasteiger partial charge in [0.25, 0.3) is 5.91 Å². The first-order valence-corrected chi connectivity index (χ1v) is 9.52. The summed E-state index contributed by atoms with van der Waals surface area (Å²) in [7, 11) is 0. The summed E-state index contributed by atoms with van der Waals surface area (Å²) < 4.78 is 7.64. The Balaban J connectivity index is 1.99. The SMILES string of the molecule is CCOc1cc(/C=C2\SC(=S)N(n3c(C)ccc3C)C2=O)cc(Cl)c1O. The second-order valence-electron chi connectivity index (χ2n) is 5.70. The van der Waals surface area contributed by atoms with Crippen LogP contribution in [-0.4, -0.2) is 26.6 Å². The fraction of sp³-hybridized carbons (Fsp3) is 0.222. The Hall–Kier alpha value is -1.96. The number of nitrogens with zero attached hydrogens (tertiary/aromatic N) is 2. The minimum absolute atomic E-state index is 0.114. The Morgan fingerprint density at radius 2 is 1.96 bits per heavy atom. The third-order valence-corrected chi connectivity index (χ3v) is 5.43. The second kappa shape index (κ2) is 7.34. The number of aromatic hydroxyl groups is 1. The van der Waals surface area contributed by atoms with Crippen molar-refractivity contribution in [1.29, 1.82) is 0 Å². The summed E-state index contributed by atoms with van der Waals surface area (Å²) in [5.41, 5.74) is 2.50. The minimum Gasteiger partial charge on any atom is -0.503 e. The van der Waals surface area contributed by atoms with Crippen molar-refractivity contribution in [3.05, 3.63) is 51.1 Å². The van der Waals surface area contributed by atoms with Gasteiger partial charge in [0, 0.05) is 11.4 Å². The minimum atomic E-state index is -0.204. The van der Waals surface area contributed by atoms with E-state index in [0.29, 0.717) is 21.4 Å². The Bertz CT molecular complexity index is 917. The largest absolute Gasteiger partial charge is 0.503 e. The van der Waals surface area contributed by atoms with Crippen molar-refractivity contribution in [1.82, 2.24) is 4.68 Å². The van der Waals surface area contributed by atoms with Crippen LogP contribution in [0.15, 0.2) is 29.2 Å². The highest BCUT2D eigenvalue weighted by Gasteiger charge is 2.34. The van der Waals surface area contributed by atoms with E-state index < -0.39 is 0 Å². The Labute approximate surface area is 166 Å². The van der Waals surface area contributed by atoms with E-state index in [4.69, 9.17) is 28.6 Å². The molecule has 136 valence electrons. The van der Waals surface area contributed by atoms with E-state index in [1.807, 2.05) is 32.9 Å². The number of hydrogen-bond acceptors (Lipinski definition) is 5. The van der Waals surface area contributed by atoms with Crippen molar-refractivity contribution in [3.63, 3.8) is 0 Å². The summed E-state index contributed by atoms with van der Waals surface area (Å²) in [5, 5.41) is 11.6. The highest BCUT2D eigenvalue weighted by atomic mass is 35.5. The average molecular weight is 409 g/mol. The number of carbonyl (C=O) groups excluding carboxylic acids is 1. The number of hydrogen-bond donors (Lipinski definition) is 1. The Morgan fingerprint density at radius 3 is 2.58 bits per heavy atom. The van der Waals surface area contributed by atoms with Crippen LogP contribution in [0, 0.1) is 13.8 Å². The first-order chi connectivity index (χ1) is 12.3. The molecule has 1 aromatic heterocycles. The van der Waals surface area contributed by atoms with Gasteiger partial charge in [0.1, 0.15) is 0 Å². The molecule has 1 N–H and O–H groups in total. The van der Waals surface area contributed by atoms with Gasteiger partial charge in [-0.25, -0.2) is 0 Å². The molecule has 1 aromatic carbocycles. The summed E-state index contributed by atoms with van der Waals surface area (Å²) in [5.74, 6) is -0.0415. The van der Waals surface area contributed by atoms with Crippen LogP contribution in [0.2, 0.25) is 5.02 Å². The predicted molar refractivity (Wildman–Crippen MR) is 110 cm³/mol. The van der Waals surface area contributed by atoms with Gasteiger partial charge in [0.2, 0.25) is 0 Å². The van der Waals surface area contributed by atoms with Gasteiger partial charge < -0.3 is 9.84 Å². The monoisotopic (exact) mass is 408 g/mol. The van der Waals surface area contributed by atoms with Gasteiger partial charge in [-0.2, -0.15) is 5.01 Å². The van der Waals surface area contributed by atoms with Crippen molar-refractivity contribution < 1.29 is 14.6 Å². The predicted octanol–water partition coefficient (Wildman–Crippen LogP) is 4.40. The molecule has 0 saturated carbocycles. The van der Waals surface area contributed by atoms with Crippen molar-refractivity contribution in [3.8, 4) is 11.5 Å². The molecule has 5 nitrogen and oxygen atoms in total. The maximum Gasteiger partial charge on any atom is 0.285 e. The number of rotatable bonds is 4. The maximum atomic E-state index is 12.9. The molecular weight excluding hydrogens is 392 g/mol. The van der Waals surface area contributed by atoms with Gasteiger partial charge in [0.15, 0.2) is 15.8 Å². The van der Waals surface area contributed by atoms with Crippen LogP contribution in [0.3, 0.4) is 0 Å². The molecule has 2 heterocycles. The average Bonchev–Trinajstić information content (AvgIpc) is 3.04. The van der Waals surface area contributed by atoms with Gasteiger partial charge >= 0.3 is 0 Å². The van der Waals surface area contributed by atoms with E-state index in [0.717, 1.165) is 11.4 Å². The molecule has 0 unspecified atom stereocenters. The Morgan fingerprint density at radius 1 is 1.31 bits per heavy atom. The standard InChI is InChI=1S/C18H17ClN2O3S2/c1-4-24-14-8-12(7-13(19)16(14)22)9-15-17(23)21(18(25)26-15)20-10(2)5-6-11(20)3/h5-9,22H,4H2,1-3H3/b15-9-. The van der Waals surface area contributed by atoms with Crippen LogP contribution >= 0.6 is 35.6 Å². The van der Waals surface area contributed by atoms with Crippen LogP contribution in [0.5, 0.6) is 11.5 Å². The van der Waals surface area contributed by atoms with Crippen molar-refractivity contribution >= 4 is 51.9 Å². The van der Waals surface area contributed by atoms with Crippen molar-refractivity contribution in [2.75, 3.05) is 11.6 Å². The number of aromatic nitrogens is 1. The number of benzene rings is 1. The van der Waals surface area contributed by atoms with Gasteiger partial charge in [0.05, 0.1) is 16.5 Å². The summed E-state index contributed by atoms with van der Waals surface area (Å²) in [6, 6.07) is 7.10. The normalized spacial score (nSPS) is 16.0. The molecule has 3 rings (SSSR count). The lowest BCUT2D eigenvalue weighted by Gasteiger charge is -2.20. The molecule has 0 atom stereocenters. The number of ether oxygens (including phenoxy) is 1. The molecule has 1 amide bonds. The molecule has 1 saturated heterocycles. The second-order valence-corrected chi connectivity index (χ2v) is 7.79. The molecule has 0 spiro atoms. The molecule has 0 radical (unpaired) electrons. The molecule has 8 heteroatoms. The number of carbonyl (C=O) groups is 1. The third kappa shape index (κ3) is 3.34. The maximum absolute atomic E-state index is 12.9. The van der Waals surface area contributed by atoms with Gasteiger partial charge in [-0.15, -0.1) is 0 Å². The number of thiocarbonyl (C=S) groups is 1. The van der Waals surface area contributed by atoms with Gasteiger partial charge in [-0.1, -0.05) is 23.4 Å². The van der Waals surface area contributed by atoms with Crippen LogP contribution in [-0.2, 0) is 4.79 Å². The van der Waals surface area contributed by atoms with E-state index in [1.54, 1.807) is 22.9 Å². The molecule has 0 aliphatic carbocycles. The number of halogens is 1. The fourth-order valence-corrected chi connectivity index (χ4v) is 4.16. The summed E-state index contributed by atoms with van der Waals surface area (Å²) in [4.78, 5) is 13.4. The number of amides is 1. The molecule has 0 bridgehead atoms. The zero-order valence-corrected chi connectivity index (χ0v) is 16.8. The first kappa shape index (κ1) is 18.8. The number of phenolic OH excluding ortho intramolecular Hbond substituents is 1. The molecule has 1 aliphatic rings. The topological polar surface area (TPSA) is 54.7 Å². The number of phenols is 1. The van der Waals surface area contributed by atoms with E-state index in [1.165, 1.54) is 16.8 Å². The summed E-state index contributed by atoms with van der Waals surface area (Å²) in [6.07, 6.45) is 1.70. The lowest BCUT2D eigenvalue weighted by molar-refractivity contribution is -0.114. The summed E-state index contributed by atoms with van der Waals surface area (Å²) >= 11 is 12.7. The van der Waals surface area contributed by atoms with E-state index in [9.17, 15) is 9.90 Å². The molecule has 1 fully saturated rings. The highest BCUT2D eigenvalue weighted by molar-refractivity contribution is 8.27. The van der Waals surface area contributed by atoms with E-state index in [2.05, 4.69) is 0 Å². The molecule has 2 aromatic rings. The smallest absolute Gasteiger partial charge is 0.285 e. The zero-order valence-electron chi connectivity index (χ0n) is 14.4. The fourth-order valence-electron chi connectivity index (χ4n) is 2.70. The lowest BCUT2D eigenvalue weighted by Crippen LogP contribution is -2.39. The summed E-state index contributed by atoms with van der Waals surface area (Å²) in [6.45, 7) is 6.04. The van der Waals surface area contributed by atoms with E-state index in [-0.39, 0.29) is 22.4 Å². The van der Waals surface area contributed by atoms with Crippen LogP contribution in [0.25, 0.3) is 6.08 Å². The molecule has 26 heavy (non-hydrogen) atoms. The van der Waals surface area contributed by atoms with Crippen LogP contribution in [0.1, 0.15) is 23.9 Å². The quantitative estimate of drug-likeness (QED) is 0.600. The Kier molecular flexibility index (Phi) is 5.32. The van der Waals surface area contributed by atoms with Crippen molar-refractivity contribution in [2.45, 2.75) is 20.8 Å². The van der Waals surface area contributed by atoms with Crippen molar-refractivity contribution in [2.24, 2.45) is 0 Å². The van der Waals surface area contributed by atoms with Gasteiger partial charge in [-0.05, 0) is 68.9 Å². The zero-order chi connectivity index (χ0) is 19.0. The number of aryl methyl sites for hydroxylation is 2. The van der Waals surface area contributed by atoms with Gasteiger partial charge in [-0.3, -0.25) is 9.47 Å². The lowest BCUT2D eigenvalue weighted by atomic mass is 10.2. The molecule has 1 aliphatic heterocycles. The van der Waals surface area contributed by atoms with E-state index >= 15 is 0 Å². The first-order valence-electron chi connectivity index (χ1n) is 7.92. The molecular formula is C18H17ClN2O3S2. The third-order valence-electron chi connectivity index (χ3n) is 3.86.